The molecule has 0 aromatic heterocycles. The fourth-order valence-corrected chi connectivity index (χ4v) is 4.14. The van der Waals surface area contributed by atoms with Gasteiger partial charge in [-0.05, 0) is 66.4 Å². The summed E-state index contributed by atoms with van der Waals surface area (Å²) in [5.74, 6) is -0.0780. The van der Waals surface area contributed by atoms with Crippen LogP contribution in [-0.4, -0.2) is 18.0 Å². The van der Waals surface area contributed by atoms with Crippen LogP contribution in [0.4, 0.5) is 5.69 Å². The smallest absolute Gasteiger partial charge is 0.423 e. The Morgan fingerprint density at radius 3 is 2.43 bits per heavy atom. The van der Waals surface area contributed by atoms with Gasteiger partial charge in [0.15, 0.2) is 0 Å². The molecule has 0 radical (unpaired) electrons. The van der Waals surface area contributed by atoms with E-state index in [0.717, 1.165) is 23.9 Å². The van der Waals surface area contributed by atoms with Crippen molar-refractivity contribution in [3.63, 3.8) is 0 Å². The molecule has 5 heteroatoms. The number of nitrogens with one attached hydrogen (secondary N) is 1. The van der Waals surface area contributed by atoms with E-state index in [4.69, 9.17) is 4.65 Å². The zero-order valence-corrected chi connectivity index (χ0v) is 19.1. The van der Waals surface area contributed by atoms with Crippen molar-refractivity contribution in [2.75, 3.05) is 5.32 Å². The first kappa shape index (κ1) is 22.6. The molecule has 2 aromatic carbocycles. The van der Waals surface area contributed by atoms with Crippen molar-refractivity contribution < 1.29 is 14.5 Å². The lowest BCUT2D eigenvalue weighted by Gasteiger charge is -2.21. The van der Waals surface area contributed by atoms with Gasteiger partial charge in [-0.1, -0.05) is 64.4 Å². The molecule has 0 spiro atoms. The minimum absolute atomic E-state index is 0.0179. The number of rotatable bonds is 6. The Kier molecular flexibility index (Phi) is 6.44. The Morgan fingerprint density at radius 2 is 1.83 bits per heavy atom. The number of fused-ring (bicyclic) bond motifs is 1. The topological polar surface area (TPSA) is 58.6 Å². The summed E-state index contributed by atoms with van der Waals surface area (Å²) >= 11 is 0. The van der Waals surface area contributed by atoms with Crippen LogP contribution < -0.4 is 10.8 Å². The van der Waals surface area contributed by atoms with Gasteiger partial charge in [-0.15, -0.1) is 0 Å². The standard InChI is InChI=1S/C25H34BNO3/c1-7-8-18(15-17-9-11-19(12-10-17)24(2,3)4)23(28)27-20-13-14-21-22(16-20)26(29)30-25(21,5)6/h9-14,16,18,29H,7-8,15H2,1-6H3,(H,27,28). The van der Waals surface area contributed by atoms with Crippen LogP contribution in [0.25, 0.3) is 0 Å². The molecule has 160 valence electrons. The van der Waals surface area contributed by atoms with Gasteiger partial charge in [-0.25, -0.2) is 0 Å². The van der Waals surface area contributed by atoms with Crippen LogP contribution in [0.2, 0.25) is 0 Å². The van der Waals surface area contributed by atoms with E-state index in [1.165, 1.54) is 11.1 Å². The lowest BCUT2D eigenvalue weighted by atomic mass is 9.78. The Hall–Kier alpha value is -2.11. The van der Waals surface area contributed by atoms with Crippen molar-refractivity contribution in [2.24, 2.45) is 5.92 Å². The first-order chi connectivity index (χ1) is 14.0. The first-order valence-electron chi connectivity index (χ1n) is 10.9. The summed E-state index contributed by atoms with van der Waals surface area (Å²) in [6, 6.07) is 14.3. The van der Waals surface area contributed by atoms with Crippen LogP contribution in [-0.2, 0) is 26.9 Å². The number of carbonyl (C=O) groups excluding carboxylic acids is 1. The van der Waals surface area contributed by atoms with Gasteiger partial charge in [0.25, 0.3) is 0 Å². The number of hydrogen-bond acceptors (Lipinski definition) is 3. The second-order valence-corrected chi connectivity index (χ2v) is 9.91. The Balaban J connectivity index is 1.73. The van der Waals surface area contributed by atoms with Gasteiger partial charge in [0.2, 0.25) is 5.91 Å². The molecular weight excluding hydrogens is 373 g/mol. The highest BCUT2D eigenvalue weighted by Gasteiger charge is 2.40. The van der Waals surface area contributed by atoms with Crippen molar-refractivity contribution in [3.8, 4) is 0 Å². The predicted molar refractivity (Wildman–Crippen MR) is 124 cm³/mol. The SMILES string of the molecule is CCCC(Cc1ccc(C(C)(C)C)cc1)C(=O)Nc1ccc2c(c1)B(O)OC2(C)C. The van der Waals surface area contributed by atoms with Crippen molar-refractivity contribution in [1.82, 2.24) is 0 Å². The molecule has 30 heavy (non-hydrogen) atoms. The molecular formula is C25H34BNO3. The Morgan fingerprint density at radius 1 is 1.17 bits per heavy atom. The summed E-state index contributed by atoms with van der Waals surface area (Å²) in [4.78, 5) is 13.0. The zero-order valence-electron chi connectivity index (χ0n) is 19.1. The van der Waals surface area contributed by atoms with Crippen molar-refractivity contribution >= 4 is 24.2 Å². The van der Waals surface area contributed by atoms with Crippen LogP contribution in [0.15, 0.2) is 42.5 Å². The van der Waals surface area contributed by atoms with Crippen molar-refractivity contribution in [2.45, 2.75) is 71.8 Å². The summed E-state index contributed by atoms with van der Waals surface area (Å²) in [7, 11) is -0.959. The van der Waals surface area contributed by atoms with E-state index in [2.05, 4.69) is 57.3 Å². The fraction of sp³-hybridized carbons (Fsp3) is 0.480. The molecule has 0 aliphatic carbocycles. The third-order valence-electron chi connectivity index (χ3n) is 5.95. The summed E-state index contributed by atoms with van der Waals surface area (Å²) in [5, 5.41) is 13.3. The first-order valence-corrected chi connectivity index (χ1v) is 10.9. The second kappa shape index (κ2) is 8.56. The lowest BCUT2D eigenvalue weighted by molar-refractivity contribution is -0.120. The van der Waals surface area contributed by atoms with E-state index in [0.29, 0.717) is 12.1 Å². The monoisotopic (exact) mass is 407 g/mol. The van der Waals surface area contributed by atoms with E-state index in [9.17, 15) is 9.82 Å². The molecule has 3 rings (SSSR count). The molecule has 1 unspecified atom stereocenters. The van der Waals surface area contributed by atoms with Gasteiger partial charge in [-0.2, -0.15) is 0 Å². The van der Waals surface area contributed by atoms with Crippen molar-refractivity contribution in [3.05, 3.63) is 59.2 Å². The summed E-state index contributed by atoms with van der Waals surface area (Å²) in [6.45, 7) is 12.6. The minimum atomic E-state index is -0.959. The number of benzene rings is 2. The van der Waals surface area contributed by atoms with E-state index in [1.54, 1.807) is 0 Å². The van der Waals surface area contributed by atoms with E-state index < -0.39 is 12.7 Å². The lowest BCUT2D eigenvalue weighted by Crippen LogP contribution is -2.30. The molecule has 1 heterocycles. The highest BCUT2D eigenvalue weighted by Crippen LogP contribution is 2.31. The summed E-state index contributed by atoms with van der Waals surface area (Å²) in [6.07, 6.45) is 2.49. The maximum absolute atomic E-state index is 13.0. The van der Waals surface area contributed by atoms with Gasteiger partial charge in [0, 0.05) is 11.6 Å². The molecule has 4 nitrogen and oxygen atoms in total. The van der Waals surface area contributed by atoms with Crippen LogP contribution in [0.5, 0.6) is 0 Å². The van der Waals surface area contributed by atoms with E-state index in [1.807, 2.05) is 32.0 Å². The minimum Gasteiger partial charge on any atom is -0.423 e. The van der Waals surface area contributed by atoms with Gasteiger partial charge in [0.05, 0.1) is 5.60 Å². The average molecular weight is 407 g/mol. The molecule has 1 amide bonds. The predicted octanol–water partition coefficient (Wildman–Crippen LogP) is 4.53. The molecule has 0 saturated heterocycles. The molecule has 2 aromatic rings. The number of anilines is 1. The van der Waals surface area contributed by atoms with Gasteiger partial charge in [0.1, 0.15) is 0 Å². The quantitative estimate of drug-likeness (QED) is 0.692. The van der Waals surface area contributed by atoms with Crippen LogP contribution in [0.3, 0.4) is 0 Å². The maximum atomic E-state index is 13.0. The second-order valence-electron chi connectivity index (χ2n) is 9.91. The molecule has 1 atom stereocenters. The molecule has 0 saturated carbocycles. The Bertz CT molecular complexity index is 900. The number of amides is 1. The Labute approximate surface area is 181 Å². The highest BCUT2D eigenvalue weighted by atomic mass is 16.5. The zero-order chi connectivity index (χ0) is 22.1. The molecule has 1 aliphatic rings. The van der Waals surface area contributed by atoms with Crippen LogP contribution >= 0.6 is 0 Å². The van der Waals surface area contributed by atoms with Gasteiger partial charge in [-0.3, -0.25) is 4.79 Å². The fourth-order valence-electron chi connectivity index (χ4n) is 4.14. The molecule has 0 fully saturated rings. The summed E-state index contributed by atoms with van der Waals surface area (Å²) < 4.78 is 5.62. The molecule has 2 N–H and O–H groups in total. The summed E-state index contributed by atoms with van der Waals surface area (Å²) in [5.41, 5.74) is 4.44. The molecule has 0 bridgehead atoms. The van der Waals surface area contributed by atoms with E-state index in [-0.39, 0.29) is 17.2 Å². The van der Waals surface area contributed by atoms with Crippen LogP contribution in [0, 0.1) is 5.92 Å². The number of hydrogen-bond donors (Lipinski definition) is 2. The maximum Gasteiger partial charge on any atom is 0.492 e. The third kappa shape index (κ3) is 4.96. The normalized spacial score (nSPS) is 16.3. The number of carbonyl (C=O) groups is 1. The third-order valence-corrected chi connectivity index (χ3v) is 5.95. The average Bonchev–Trinajstić information content (AvgIpc) is 2.89. The van der Waals surface area contributed by atoms with E-state index >= 15 is 0 Å². The van der Waals surface area contributed by atoms with Crippen LogP contribution in [0.1, 0.15) is 71.1 Å². The largest absolute Gasteiger partial charge is 0.492 e. The van der Waals surface area contributed by atoms with Crippen molar-refractivity contribution in [1.29, 1.82) is 0 Å². The molecule has 1 aliphatic heterocycles. The van der Waals surface area contributed by atoms with Gasteiger partial charge >= 0.3 is 7.12 Å². The van der Waals surface area contributed by atoms with Gasteiger partial charge < -0.3 is 15.0 Å². The highest BCUT2D eigenvalue weighted by molar-refractivity contribution is 6.62.